The molecule has 5 heteroatoms. The second kappa shape index (κ2) is 5.46. The minimum Gasteiger partial charge on any atom is -0.481 e. The maximum Gasteiger partial charge on any atom is 0.212 e. The quantitative estimate of drug-likeness (QED) is 0.795. The predicted octanol–water partition coefficient (Wildman–Crippen LogP) is 3.62. The Morgan fingerprint density at radius 2 is 2.15 bits per heavy atom. The van der Waals surface area contributed by atoms with Crippen LogP contribution in [0.15, 0.2) is 36.5 Å². The number of fused-ring (bicyclic) bond motifs is 1. The summed E-state index contributed by atoms with van der Waals surface area (Å²) in [7, 11) is 1.61. The molecule has 2 heterocycles. The van der Waals surface area contributed by atoms with E-state index in [9.17, 15) is 0 Å². The first-order valence-electron chi connectivity index (χ1n) is 6.34. The molecule has 0 spiro atoms. The van der Waals surface area contributed by atoms with Crippen LogP contribution in [0.3, 0.4) is 0 Å². The van der Waals surface area contributed by atoms with Crippen LogP contribution < -0.4 is 10.1 Å². The van der Waals surface area contributed by atoms with Crippen LogP contribution in [0.1, 0.15) is 11.1 Å². The van der Waals surface area contributed by atoms with Gasteiger partial charge in [-0.05, 0) is 30.2 Å². The van der Waals surface area contributed by atoms with Crippen molar-refractivity contribution < 1.29 is 4.74 Å². The normalized spacial score (nSPS) is 10.7. The molecular weight excluding hydrogens is 270 g/mol. The number of pyridine rings is 1. The Balaban J connectivity index is 1.72. The number of methoxy groups -OCH3 is 1. The highest BCUT2D eigenvalue weighted by Crippen LogP contribution is 2.26. The number of aryl methyl sites for hydroxylation is 1. The topological polar surface area (TPSA) is 47.0 Å². The number of thiazole rings is 1. The largest absolute Gasteiger partial charge is 0.481 e. The van der Waals surface area contributed by atoms with E-state index < -0.39 is 0 Å². The molecule has 4 nitrogen and oxygen atoms in total. The average molecular weight is 285 g/mol. The molecule has 3 rings (SSSR count). The van der Waals surface area contributed by atoms with Crippen LogP contribution in [0.25, 0.3) is 10.2 Å². The summed E-state index contributed by atoms with van der Waals surface area (Å²) in [4.78, 5) is 8.75. The van der Waals surface area contributed by atoms with Crippen LogP contribution in [0.2, 0.25) is 0 Å². The van der Waals surface area contributed by atoms with Crippen molar-refractivity contribution in [1.29, 1.82) is 0 Å². The average Bonchev–Trinajstić information content (AvgIpc) is 2.87. The third kappa shape index (κ3) is 2.72. The molecule has 0 bridgehead atoms. The second-order valence-corrected chi connectivity index (χ2v) is 5.58. The maximum atomic E-state index is 5.04. The lowest BCUT2D eigenvalue weighted by Crippen LogP contribution is -1.99. The molecular formula is C15H15N3OS. The van der Waals surface area contributed by atoms with E-state index in [1.807, 2.05) is 18.3 Å². The number of rotatable bonds is 4. The summed E-state index contributed by atoms with van der Waals surface area (Å²) in [5.41, 5.74) is 3.39. The van der Waals surface area contributed by atoms with Crippen LogP contribution in [0.4, 0.5) is 5.13 Å². The van der Waals surface area contributed by atoms with Gasteiger partial charge in [0.2, 0.25) is 5.88 Å². The first-order valence-corrected chi connectivity index (χ1v) is 7.16. The Kier molecular flexibility index (Phi) is 3.52. The van der Waals surface area contributed by atoms with Crippen molar-refractivity contribution in [1.82, 2.24) is 9.97 Å². The van der Waals surface area contributed by atoms with Gasteiger partial charge in [-0.1, -0.05) is 23.5 Å². The molecule has 2 aromatic heterocycles. The molecule has 0 radical (unpaired) electrons. The zero-order chi connectivity index (χ0) is 13.9. The van der Waals surface area contributed by atoms with Crippen molar-refractivity contribution in [3.8, 4) is 5.88 Å². The van der Waals surface area contributed by atoms with Crippen LogP contribution in [0.5, 0.6) is 5.88 Å². The molecule has 1 aromatic carbocycles. The van der Waals surface area contributed by atoms with Crippen molar-refractivity contribution in [2.75, 3.05) is 12.4 Å². The third-order valence-electron chi connectivity index (χ3n) is 2.99. The van der Waals surface area contributed by atoms with Gasteiger partial charge < -0.3 is 10.1 Å². The van der Waals surface area contributed by atoms with Gasteiger partial charge in [-0.3, -0.25) is 0 Å². The predicted molar refractivity (Wildman–Crippen MR) is 82.5 cm³/mol. The summed E-state index contributed by atoms with van der Waals surface area (Å²) in [6, 6.07) is 10.2. The number of hydrogen-bond donors (Lipinski definition) is 1. The Morgan fingerprint density at radius 1 is 1.25 bits per heavy atom. The zero-order valence-corrected chi connectivity index (χ0v) is 12.2. The van der Waals surface area contributed by atoms with Crippen molar-refractivity contribution in [3.05, 3.63) is 47.7 Å². The van der Waals surface area contributed by atoms with Gasteiger partial charge in [-0.25, -0.2) is 9.97 Å². The standard InChI is InChI=1S/C15H15N3OS/c1-10-3-5-12-13(7-10)20-15(18-12)17-9-11-4-6-14(19-2)16-8-11/h3-8H,9H2,1-2H3,(H,17,18). The number of hydrogen-bond acceptors (Lipinski definition) is 5. The van der Waals surface area contributed by atoms with E-state index in [0.29, 0.717) is 12.4 Å². The Labute approximate surface area is 121 Å². The van der Waals surface area contributed by atoms with Crippen LogP contribution in [0, 0.1) is 6.92 Å². The third-order valence-corrected chi connectivity index (χ3v) is 3.97. The van der Waals surface area contributed by atoms with Gasteiger partial charge in [0.05, 0.1) is 17.3 Å². The van der Waals surface area contributed by atoms with Gasteiger partial charge in [-0.2, -0.15) is 0 Å². The monoisotopic (exact) mass is 285 g/mol. The maximum absolute atomic E-state index is 5.04. The number of nitrogens with one attached hydrogen (secondary N) is 1. The lowest BCUT2D eigenvalue weighted by molar-refractivity contribution is 0.397. The number of anilines is 1. The fraction of sp³-hybridized carbons (Fsp3) is 0.200. The molecule has 0 aliphatic carbocycles. The SMILES string of the molecule is COc1ccc(CNc2nc3ccc(C)cc3s2)cn1. The first-order chi connectivity index (χ1) is 9.74. The molecule has 0 atom stereocenters. The molecule has 0 amide bonds. The smallest absolute Gasteiger partial charge is 0.212 e. The molecule has 0 saturated carbocycles. The van der Waals surface area contributed by atoms with Crippen molar-refractivity contribution in [3.63, 3.8) is 0 Å². The second-order valence-electron chi connectivity index (χ2n) is 4.55. The highest BCUT2D eigenvalue weighted by atomic mass is 32.1. The molecule has 3 aromatic rings. The fourth-order valence-electron chi connectivity index (χ4n) is 1.92. The minimum atomic E-state index is 0.629. The van der Waals surface area contributed by atoms with E-state index in [1.54, 1.807) is 18.4 Å². The summed E-state index contributed by atoms with van der Waals surface area (Å²) in [6.07, 6.45) is 1.81. The Morgan fingerprint density at radius 3 is 2.90 bits per heavy atom. The van der Waals surface area contributed by atoms with E-state index in [-0.39, 0.29) is 0 Å². The molecule has 0 fully saturated rings. The molecule has 0 saturated heterocycles. The number of nitrogens with zero attached hydrogens (tertiary/aromatic N) is 2. The lowest BCUT2D eigenvalue weighted by Gasteiger charge is -2.03. The van der Waals surface area contributed by atoms with E-state index in [0.717, 1.165) is 16.2 Å². The van der Waals surface area contributed by atoms with E-state index in [1.165, 1.54) is 10.3 Å². The summed E-state index contributed by atoms with van der Waals surface area (Å²) in [6.45, 7) is 2.80. The number of aromatic nitrogens is 2. The summed E-state index contributed by atoms with van der Waals surface area (Å²) >= 11 is 1.67. The van der Waals surface area contributed by atoms with Gasteiger partial charge in [0, 0.05) is 18.8 Å². The summed E-state index contributed by atoms with van der Waals surface area (Å²) in [5.74, 6) is 0.629. The summed E-state index contributed by atoms with van der Waals surface area (Å²) < 4.78 is 6.25. The molecule has 1 N–H and O–H groups in total. The summed E-state index contributed by atoms with van der Waals surface area (Å²) in [5, 5.41) is 4.27. The Bertz CT molecular complexity index is 722. The van der Waals surface area contributed by atoms with Crippen LogP contribution in [-0.2, 0) is 6.54 Å². The van der Waals surface area contributed by atoms with Crippen molar-refractivity contribution >= 4 is 26.7 Å². The first kappa shape index (κ1) is 12.9. The fourth-order valence-corrected chi connectivity index (χ4v) is 2.88. The number of ether oxygens (including phenoxy) is 1. The highest BCUT2D eigenvalue weighted by Gasteiger charge is 2.04. The van der Waals surface area contributed by atoms with Crippen molar-refractivity contribution in [2.45, 2.75) is 13.5 Å². The number of benzene rings is 1. The Hall–Kier alpha value is -2.14. The van der Waals surface area contributed by atoms with E-state index in [4.69, 9.17) is 4.74 Å². The minimum absolute atomic E-state index is 0.629. The van der Waals surface area contributed by atoms with Crippen molar-refractivity contribution in [2.24, 2.45) is 0 Å². The van der Waals surface area contributed by atoms with E-state index >= 15 is 0 Å². The molecule has 0 aliphatic rings. The van der Waals surface area contributed by atoms with Crippen LogP contribution in [-0.4, -0.2) is 17.1 Å². The van der Waals surface area contributed by atoms with Gasteiger partial charge in [0.15, 0.2) is 5.13 Å². The molecule has 102 valence electrons. The molecule has 20 heavy (non-hydrogen) atoms. The lowest BCUT2D eigenvalue weighted by atomic mass is 10.2. The van der Waals surface area contributed by atoms with Crippen LogP contribution >= 0.6 is 11.3 Å². The molecule has 0 unspecified atom stereocenters. The van der Waals surface area contributed by atoms with Gasteiger partial charge in [-0.15, -0.1) is 0 Å². The van der Waals surface area contributed by atoms with Gasteiger partial charge in [0.25, 0.3) is 0 Å². The zero-order valence-electron chi connectivity index (χ0n) is 11.4. The molecule has 0 aliphatic heterocycles. The van der Waals surface area contributed by atoms with Gasteiger partial charge >= 0.3 is 0 Å². The van der Waals surface area contributed by atoms with E-state index in [2.05, 4.69) is 40.4 Å². The van der Waals surface area contributed by atoms with Gasteiger partial charge in [0.1, 0.15) is 0 Å². The highest BCUT2D eigenvalue weighted by molar-refractivity contribution is 7.22.